The van der Waals surface area contributed by atoms with Crippen LogP contribution in [0.25, 0.3) is 11.1 Å². The van der Waals surface area contributed by atoms with E-state index in [1.807, 2.05) is 61.5 Å². The zero-order chi connectivity index (χ0) is 14.8. The molecule has 0 amide bonds. The van der Waals surface area contributed by atoms with Crippen molar-refractivity contribution in [2.75, 3.05) is 0 Å². The van der Waals surface area contributed by atoms with Gasteiger partial charge in [-0.15, -0.1) is 0 Å². The Morgan fingerprint density at radius 3 is 2.38 bits per heavy atom. The van der Waals surface area contributed by atoms with Gasteiger partial charge < -0.3 is 0 Å². The minimum Gasteiger partial charge on any atom is -0.299 e. The summed E-state index contributed by atoms with van der Waals surface area (Å²) in [6.07, 6.45) is 0. The van der Waals surface area contributed by atoms with E-state index in [2.05, 4.69) is 5.10 Å². The molecule has 3 aromatic rings. The van der Waals surface area contributed by atoms with E-state index in [4.69, 9.17) is 11.6 Å². The SMILES string of the molecule is Cc1[nH]n(Cc2ccc(Cl)cc2)c(=O)c1-c1ccccc1. The number of benzene rings is 2. The Hall–Kier alpha value is -2.26. The summed E-state index contributed by atoms with van der Waals surface area (Å²) in [5.74, 6) is 0. The maximum atomic E-state index is 12.6. The zero-order valence-corrected chi connectivity index (χ0v) is 12.4. The number of hydrogen-bond donors (Lipinski definition) is 1. The second kappa shape index (κ2) is 5.62. The standard InChI is InChI=1S/C17H15ClN2O/c1-12-16(14-5-3-2-4-6-14)17(21)20(19-12)11-13-7-9-15(18)10-8-13/h2-10,19H,11H2,1H3. The Morgan fingerprint density at radius 2 is 1.71 bits per heavy atom. The average molecular weight is 299 g/mol. The molecule has 0 aliphatic carbocycles. The summed E-state index contributed by atoms with van der Waals surface area (Å²) in [5.41, 5.74) is 3.56. The molecule has 21 heavy (non-hydrogen) atoms. The molecule has 0 saturated heterocycles. The highest BCUT2D eigenvalue weighted by atomic mass is 35.5. The van der Waals surface area contributed by atoms with Gasteiger partial charge in [0.05, 0.1) is 12.1 Å². The summed E-state index contributed by atoms with van der Waals surface area (Å²) in [7, 11) is 0. The number of H-pyrrole nitrogens is 1. The van der Waals surface area contributed by atoms with Crippen LogP contribution in [0.2, 0.25) is 5.02 Å². The molecule has 0 fully saturated rings. The first-order valence-electron chi connectivity index (χ1n) is 6.74. The summed E-state index contributed by atoms with van der Waals surface area (Å²) < 4.78 is 1.63. The summed E-state index contributed by atoms with van der Waals surface area (Å²) in [5, 5.41) is 3.84. The van der Waals surface area contributed by atoms with Crippen molar-refractivity contribution in [2.24, 2.45) is 0 Å². The van der Waals surface area contributed by atoms with Gasteiger partial charge in [0.15, 0.2) is 0 Å². The topological polar surface area (TPSA) is 37.8 Å². The van der Waals surface area contributed by atoms with E-state index in [9.17, 15) is 4.79 Å². The molecular weight excluding hydrogens is 284 g/mol. The summed E-state index contributed by atoms with van der Waals surface area (Å²) in [6, 6.07) is 17.2. The van der Waals surface area contributed by atoms with E-state index in [-0.39, 0.29) is 5.56 Å². The first-order valence-corrected chi connectivity index (χ1v) is 7.12. The van der Waals surface area contributed by atoms with Crippen LogP contribution in [0.15, 0.2) is 59.4 Å². The van der Waals surface area contributed by atoms with Gasteiger partial charge in [0.25, 0.3) is 5.56 Å². The lowest BCUT2D eigenvalue weighted by molar-refractivity contribution is 0.658. The van der Waals surface area contributed by atoms with Gasteiger partial charge in [0, 0.05) is 10.7 Å². The maximum Gasteiger partial charge on any atom is 0.274 e. The number of rotatable bonds is 3. The minimum absolute atomic E-state index is 0.00588. The Bertz CT molecular complexity index is 801. The molecule has 0 atom stereocenters. The van der Waals surface area contributed by atoms with Crippen LogP contribution >= 0.6 is 11.6 Å². The zero-order valence-electron chi connectivity index (χ0n) is 11.6. The number of halogens is 1. The molecule has 0 unspecified atom stereocenters. The van der Waals surface area contributed by atoms with Crippen LogP contribution in [0.3, 0.4) is 0 Å². The van der Waals surface area contributed by atoms with Crippen molar-refractivity contribution >= 4 is 11.6 Å². The first-order chi connectivity index (χ1) is 10.1. The van der Waals surface area contributed by atoms with E-state index >= 15 is 0 Å². The Morgan fingerprint density at radius 1 is 1.05 bits per heavy atom. The molecule has 3 rings (SSSR count). The molecule has 0 spiro atoms. The second-order valence-electron chi connectivity index (χ2n) is 5.00. The maximum absolute atomic E-state index is 12.6. The summed E-state index contributed by atoms with van der Waals surface area (Å²) >= 11 is 5.88. The van der Waals surface area contributed by atoms with Gasteiger partial charge in [-0.3, -0.25) is 9.89 Å². The smallest absolute Gasteiger partial charge is 0.274 e. The molecule has 106 valence electrons. The van der Waals surface area contributed by atoms with Crippen molar-refractivity contribution < 1.29 is 0 Å². The van der Waals surface area contributed by atoms with Gasteiger partial charge in [-0.1, -0.05) is 54.1 Å². The third-order valence-corrected chi connectivity index (χ3v) is 3.71. The molecule has 4 heteroatoms. The van der Waals surface area contributed by atoms with E-state index in [1.165, 1.54) is 0 Å². The van der Waals surface area contributed by atoms with Crippen molar-refractivity contribution in [3.63, 3.8) is 0 Å². The Kier molecular flexibility index (Phi) is 3.67. The minimum atomic E-state index is -0.00588. The van der Waals surface area contributed by atoms with Crippen LogP contribution in [0.5, 0.6) is 0 Å². The molecular formula is C17H15ClN2O. The molecule has 0 bridgehead atoms. The second-order valence-corrected chi connectivity index (χ2v) is 5.43. The van der Waals surface area contributed by atoms with Crippen LogP contribution in [0, 0.1) is 6.92 Å². The van der Waals surface area contributed by atoms with Crippen molar-refractivity contribution in [1.82, 2.24) is 9.78 Å². The van der Waals surface area contributed by atoms with Crippen LogP contribution < -0.4 is 5.56 Å². The van der Waals surface area contributed by atoms with Gasteiger partial charge in [-0.2, -0.15) is 0 Å². The van der Waals surface area contributed by atoms with Crippen molar-refractivity contribution in [3.8, 4) is 11.1 Å². The largest absolute Gasteiger partial charge is 0.299 e. The molecule has 0 aliphatic rings. The molecule has 0 saturated carbocycles. The molecule has 0 aliphatic heterocycles. The van der Waals surface area contributed by atoms with Crippen molar-refractivity contribution in [1.29, 1.82) is 0 Å². The van der Waals surface area contributed by atoms with Gasteiger partial charge in [0.2, 0.25) is 0 Å². The van der Waals surface area contributed by atoms with E-state index < -0.39 is 0 Å². The van der Waals surface area contributed by atoms with Crippen LogP contribution in [0.4, 0.5) is 0 Å². The average Bonchev–Trinajstić information content (AvgIpc) is 2.77. The molecule has 0 radical (unpaired) electrons. The fraction of sp³-hybridized carbons (Fsp3) is 0.118. The number of aryl methyl sites for hydroxylation is 1. The highest BCUT2D eigenvalue weighted by Crippen LogP contribution is 2.18. The van der Waals surface area contributed by atoms with Crippen LogP contribution in [-0.2, 0) is 6.54 Å². The van der Waals surface area contributed by atoms with E-state index in [0.717, 1.165) is 22.4 Å². The highest BCUT2D eigenvalue weighted by Gasteiger charge is 2.12. The fourth-order valence-electron chi connectivity index (χ4n) is 2.43. The molecule has 1 aromatic heterocycles. The lowest BCUT2D eigenvalue weighted by Gasteiger charge is -2.02. The number of aromatic nitrogens is 2. The van der Waals surface area contributed by atoms with Crippen LogP contribution in [-0.4, -0.2) is 9.78 Å². The van der Waals surface area contributed by atoms with Crippen molar-refractivity contribution in [2.45, 2.75) is 13.5 Å². The van der Waals surface area contributed by atoms with Crippen molar-refractivity contribution in [3.05, 3.63) is 81.2 Å². The van der Waals surface area contributed by atoms with Crippen LogP contribution in [0.1, 0.15) is 11.3 Å². The molecule has 1 N–H and O–H groups in total. The number of nitrogens with zero attached hydrogens (tertiary/aromatic N) is 1. The Balaban J connectivity index is 1.99. The van der Waals surface area contributed by atoms with Gasteiger partial charge in [-0.25, -0.2) is 4.68 Å². The third-order valence-electron chi connectivity index (χ3n) is 3.45. The number of nitrogens with one attached hydrogen (secondary N) is 1. The quantitative estimate of drug-likeness (QED) is 0.783. The number of hydrogen-bond acceptors (Lipinski definition) is 1. The van der Waals surface area contributed by atoms with Gasteiger partial charge >= 0.3 is 0 Å². The Labute approximate surface area is 127 Å². The molecule has 1 heterocycles. The lowest BCUT2D eigenvalue weighted by Crippen LogP contribution is -2.18. The van der Waals surface area contributed by atoms with E-state index in [0.29, 0.717) is 11.6 Å². The lowest BCUT2D eigenvalue weighted by atomic mass is 10.1. The monoisotopic (exact) mass is 298 g/mol. The molecule has 2 aromatic carbocycles. The molecule has 3 nitrogen and oxygen atoms in total. The van der Waals surface area contributed by atoms with Gasteiger partial charge in [-0.05, 0) is 30.2 Å². The fourth-order valence-corrected chi connectivity index (χ4v) is 2.56. The predicted octanol–water partition coefficient (Wildman–Crippen LogP) is 3.85. The van der Waals surface area contributed by atoms with Gasteiger partial charge in [0.1, 0.15) is 0 Å². The summed E-state index contributed by atoms with van der Waals surface area (Å²) in [6.45, 7) is 2.42. The number of aromatic amines is 1. The van der Waals surface area contributed by atoms with E-state index in [1.54, 1.807) is 4.68 Å². The third kappa shape index (κ3) is 2.78. The predicted molar refractivity (Wildman–Crippen MR) is 85.8 cm³/mol. The normalized spacial score (nSPS) is 10.8. The first kappa shape index (κ1) is 13.7. The highest BCUT2D eigenvalue weighted by molar-refractivity contribution is 6.30. The summed E-state index contributed by atoms with van der Waals surface area (Å²) in [4.78, 5) is 12.6.